The van der Waals surface area contributed by atoms with E-state index in [1.807, 2.05) is 4.98 Å². The smallest absolute Gasteiger partial charge is 0.408 e. The number of aliphatic hydroxyl groups excluding tert-OH is 2. The predicted molar refractivity (Wildman–Crippen MR) is 103 cm³/mol. The monoisotopic (exact) mass is 475 g/mol. The van der Waals surface area contributed by atoms with E-state index in [9.17, 15) is 43.3 Å². The molecule has 3 rings (SSSR count). The Morgan fingerprint density at radius 1 is 1.22 bits per heavy atom. The number of nitrogens with one attached hydrogen (secondary N) is 2. The number of aromatic nitrogens is 2. The highest BCUT2D eigenvalue weighted by molar-refractivity contribution is 7.52. The van der Waals surface area contributed by atoms with Gasteiger partial charge >= 0.3 is 19.4 Å². The zero-order valence-corrected chi connectivity index (χ0v) is 17.0. The van der Waals surface area contributed by atoms with Crippen LogP contribution in [-0.4, -0.2) is 60.5 Å². The highest BCUT2D eigenvalue weighted by Gasteiger charge is 2.44. The van der Waals surface area contributed by atoms with Crippen LogP contribution in [0.4, 0.5) is 9.18 Å². The lowest BCUT2D eigenvalue weighted by atomic mass is 10.1. The standard InChI is InChI=1S/C17H19FN3O10P/c18-9-3-1-8(2-4-9)15(32(27,28)29)31-17(26)19-7-10-12(23)13(24)14(30-10)21-6-5-11(22)20-16(21)25/h1-6,10,12-15,23-24H,7H2,(H,19,26)(H,20,22,25)(H2,27,28,29)/t10-,12-,13-,14-,15?/m1/s1. The number of carbonyl (C=O) groups is 1. The van der Waals surface area contributed by atoms with Crippen molar-refractivity contribution >= 4 is 13.7 Å². The first-order valence-electron chi connectivity index (χ1n) is 9.05. The molecule has 15 heteroatoms. The van der Waals surface area contributed by atoms with Crippen LogP contribution in [0.15, 0.2) is 46.1 Å². The normalized spacial score (nSPS) is 24.2. The maximum atomic E-state index is 13.1. The first-order chi connectivity index (χ1) is 15.0. The van der Waals surface area contributed by atoms with Crippen molar-refractivity contribution in [2.45, 2.75) is 30.4 Å². The number of carbonyl (C=O) groups excluding carboxylic acids is 1. The van der Waals surface area contributed by atoms with Crippen LogP contribution in [0.25, 0.3) is 0 Å². The highest BCUT2D eigenvalue weighted by atomic mass is 31.2. The Morgan fingerprint density at radius 3 is 2.47 bits per heavy atom. The third-order valence-electron chi connectivity index (χ3n) is 4.59. The molecular formula is C17H19FN3O10P. The van der Waals surface area contributed by atoms with E-state index in [1.165, 1.54) is 0 Å². The van der Waals surface area contributed by atoms with Crippen molar-refractivity contribution in [1.29, 1.82) is 0 Å². The molecule has 1 aromatic heterocycles. The van der Waals surface area contributed by atoms with Gasteiger partial charge in [-0.3, -0.25) is 18.9 Å². The number of hydrogen-bond donors (Lipinski definition) is 6. The molecule has 0 saturated carbocycles. The van der Waals surface area contributed by atoms with Gasteiger partial charge in [0.2, 0.25) is 5.85 Å². The van der Waals surface area contributed by atoms with Crippen LogP contribution in [-0.2, 0) is 14.0 Å². The van der Waals surface area contributed by atoms with Crippen molar-refractivity contribution in [3.63, 3.8) is 0 Å². The van der Waals surface area contributed by atoms with E-state index in [0.717, 1.165) is 41.1 Å². The van der Waals surface area contributed by atoms with E-state index < -0.39 is 67.7 Å². The Hall–Kier alpha value is -2.87. The fourth-order valence-electron chi connectivity index (χ4n) is 3.04. The molecule has 1 aliphatic rings. The van der Waals surface area contributed by atoms with Crippen molar-refractivity contribution in [3.05, 3.63) is 68.7 Å². The Bertz CT molecular complexity index is 1130. The minimum atomic E-state index is -4.99. The van der Waals surface area contributed by atoms with Gasteiger partial charge in [-0.1, -0.05) is 12.1 Å². The quantitative estimate of drug-likeness (QED) is 0.279. The zero-order chi connectivity index (χ0) is 23.6. The summed E-state index contributed by atoms with van der Waals surface area (Å²) >= 11 is 0. The molecule has 32 heavy (non-hydrogen) atoms. The second kappa shape index (κ2) is 9.32. The van der Waals surface area contributed by atoms with E-state index >= 15 is 0 Å². The summed E-state index contributed by atoms with van der Waals surface area (Å²) in [6, 6.07) is 4.95. The number of ether oxygens (including phenoxy) is 2. The Morgan fingerprint density at radius 2 is 1.88 bits per heavy atom. The number of aliphatic hydroxyl groups is 2. The number of halogens is 1. The van der Waals surface area contributed by atoms with E-state index in [1.54, 1.807) is 0 Å². The van der Waals surface area contributed by atoms with Crippen molar-refractivity contribution < 1.29 is 43.2 Å². The molecule has 1 fully saturated rings. The van der Waals surface area contributed by atoms with Crippen LogP contribution < -0.4 is 16.6 Å². The van der Waals surface area contributed by atoms with Gasteiger partial charge in [0.25, 0.3) is 5.56 Å². The second-order valence-electron chi connectivity index (χ2n) is 6.84. The molecule has 0 spiro atoms. The highest BCUT2D eigenvalue weighted by Crippen LogP contribution is 2.52. The summed E-state index contributed by atoms with van der Waals surface area (Å²) in [6.45, 7) is -0.469. The van der Waals surface area contributed by atoms with Crippen LogP contribution in [0.1, 0.15) is 17.6 Å². The minimum Gasteiger partial charge on any atom is -0.428 e. The molecule has 0 radical (unpaired) electrons. The summed E-state index contributed by atoms with van der Waals surface area (Å²) in [4.78, 5) is 56.0. The van der Waals surface area contributed by atoms with Gasteiger partial charge < -0.3 is 34.8 Å². The number of alkyl carbamates (subject to hydrolysis) is 1. The molecule has 0 aliphatic carbocycles. The molecule has 174 valence electrons. The maximum absolute atomic E-state index is 13.1. The second-order valence-corrected chi connectivity index (χ2v) is 8.49. The number of benzene rings is 1. The molecule has 1 unspecified atom stereocenters. The fourth-order valence-corrected chi connectivity index (χ4v) is 3.83. The van der Waals surface area contributed by atoms with Gasteiger partial charge in [0, 0.05) is 24.4 Å². The van der Waals surface area contributed by atoms with E-state index in [0.29, 0.717) is 0 Å². The van der Waals surface area contributed by atoms with Crippen molar-refractivity contribution in [3.8, 4) is 0 Å². The lowest BCUT2D eigenvalue weighted by Crippen LogP contribution is -2.40. The van der Waals surface area contributed by atoms with Gasteiger partial charge in [-0.2, -0.15) is 0 Å². The summed E-state index contributed by atoms with van der Waals surface area (Å²) in [7, 11) is -4.99. The molecular weight excluding hydrogens is 456 g/mol. The Balaban J connectivity index is 1.65. The number of H-pyrrole nitrogens is 1. The zero-order valence-electron chi connectivity index (χ0n) is 16.1. The molecule has 0 bridgehead atoms. The third kappa shape index (κ3) is 5.30. The first kappa shape index (κ1) is 23.8. The van der Waals surface area contributed by atoms with Crippen LogP contribution in [0.2, 0.25) is 0 Å². The number of rotatable bonds is 6. The van der Waals surface area contributed by atoms with Gasteiger partial charge in [-0.05, 0) is 12.1 Å². The molecule has 2 heterocycles. The van der Waals surface area contributed by atoms with Crippen molar-refractivity contribution in [2.75, 3.05) is 6.54 Å². The first-order valence-corrected chi connectivity index (χ1v) is 10.7. The molecule has 1 amide bonds. The molecule has 1 aliphatic heterocycles. The summed E-state index contributed by atoms with van der Waals surface area (Å²) in [5.74, 6) is -2.68. The molecule has 2 aromatic rings. The summed E-state index contributed by atoms with van der Waals surface area (Å²) in [5.41, 5.74) is -1.73. The van der Waals surface area contributed by atoms with Crippen LogP contribution >= 0.6 is 7.60 Å². The van der Waals surface area contributed by atoms with Crippen LogP contribution in [0.3, 0.4) is 0 Å². The summed E-state index contributed by atoms with van der Waals surface area (Å²) in [6.07, 6.45) is -6.01. The maximum Gasteiger partial charge on any atom is 0.408 e. The molecule has 6 N–H and O–H groups in total. The fraction of sp³-hybridized carbons (Fsp3) is 0.353. The van der Waals surface area contributed by atoms with E-state index in [2.05, 4.69) is 5.32 Å². The largest absolute Gasteiger partial charge is 0.428 e. The minimum absolute atomic E-state index is 0.153. The van der Waals surface area contributed by atoms with E-state index in [-0.39, 0.29) is 5.56 Å². The average Bonchev–Trinajstić information content (AvgIpc) is 2.99. The van der Waals surface area contributed by atoms with Crippen LogP contribution in [0.5, 0.6) is 0 Å². The van der Waals surface area contributed by atoms with Gasteiger partial charge in [0.1, 0.15) is 24.1 Å². The van der Waals surface area contributed by atoms with Crippen LogP contribution in [0, 0.1) is 5.82 Å². The number of amides is 1. The third-order valence-corrected chi connectivity index (χ3v) is 5.60. The lowest BCUT2D eigenvalue weighted by Gasteiger charge is -2.21. The lowest BCUT2D eigenvalue weighted by molar-refractivity contribution is -0.0391. The van der Waals surface area contributed by atoms with Gasteiger partial charge in [0.15, 0.2) is 6.23 Å². The molecule has 13 nitrogen and oxygen atoms in total. The summed E-state index contributed by atoms with van der Waals surface area (Å²) < 4.78 is 35.8. The molecule has 1 saturated heterocycles. The van der Waals surface area contributed by atoms with E-state index in [4.69, 9.17) is 9.47 Å². The number of nitrogens with zero attached hydrogens (tertiary/aromatic N) is 1. The van der Waals surface area contributed by atoms with Crippen molar-refractivity contribution in [1.82, 2.24) is 14.9 Å². The predicted octanol–water partition coefficient (Wildman–Crippen LogP) is -1.10. The Kier molecular flexibility index (Phi) is 6.93. The van der Waals surface area contributed by atoms with Gasteiger partial charge in [-0.25, -0.2) is 14.0 Å². The van der Waals surface area contributed by atoms with Crippen molar-refractivity contribution in [2.24, 2.45) is 0 Å². The Labute approximate surface area is 178 Å². The summed E-state index contributed by atoms with van der Waals surface area (Å²) in [5, 5.41) is 22.4. The molecule has 1 aromatic carbocycles. The number of hydrogen-bond acceptors (Lipinski definition) is 8. The molecule has 5 atom stereocenters. The topological polar surface area (TPSA) is 200 Å². The van der Waals surface area contributed by atoms with Gasteiger partial charge in [0.05, 0.1) is 0 Å². The SMILES string of the molecule is O=C(NC[C@H]1O[C@@H](n2ccc(=O)[nH]c2=O)[C@H](O)[C@@H]1O)OC(c1ccc(F)cc1)P(=O)(O)O. The number of aromatic amines is 1. The average molecular weight is 475 g/mol. The van der Waals surface area contributed by atoms with Gasteiger partial charge in [-0.15, -0.1) is 0 Å².